The lowest BCUT2D eigenvalue weighted by atomic mass is 9.98. The molecule has 1 aromatic rings. The Morgan fingerprint density at radius 3 is 2.41 bits per heavy atom. The fourth-order valence-corrected chi connectivity index (χ4v) is 1.95. The molecule has 0 fully saturated rings. The minimum atomic E-state index is -0.990. The second-order valence-corrected chi connectivity index (χ2v) is 4.86. The third-order valence-corrected chi connectivity index (χ3v) is 3.04. The van der Waals surface area contributed by atoms with Gasteiger partial charge >= 0.3 is 5.97 Å². The van der Waals surface area contributed by atoms with Crippen LogP contribution in [0.1, 0.15) is 18.9 Å². The molecule has 0 heterocycles. The Kier molecular flexibility index (Phi) is 6.45. The molecule has 0 aliphatic heterocycles. The number of amides is 1. The molecule has 7 heteroatoms. The SMILES string of the molecule is COC(=O)[C@@H](NC(=O)Cc1cc(F)cc(F)c1)[C@H](C)CC#N. The van der Waals surface area contributed by atoms with Gasteiger partial charge in [-0.2, -0.15) is 5.26 Å². The van der Waals surface area contributed by atoms with E-state index in [2.05, 4.69) is 10.1 Å². The van der Waals surface area contributed by atoms with Gasteiger partial charge in [0.25, 0.3) is 0 Å². The zero-order valence-electron chi connectivity index (χ0n) is 12.2. The van der Waals surface area contributed by atoms with Gasteiger partial charge in [0.05, 0.1) is 19.6 Å². The number of benzene rings is 1. The maximum absolute atomic E-state index is 13.1. The smallest absolute Gasteiger partial charge is 0.328 e. The summed E-state index contributed by atoms with van der Waals surface area (Å²) >= 11 is 0. The summed E-state index contributed by atoms with van der Waals surface area (Å²) in [4.78, 5) is 23.6. The first-order valence-electron chi connectivity index (χ1n) is 6.56. The largest absolute Gasteiger partial charge is 0.467 e. The number of methoxy groups -OCH3 is 1. The van der Waals surface area contributed by atoms with Crippen LogP contribution in [0.15, 0.2) is 18.2 Å². The van der Waals surface area contributed by atoms with Crippen molar-refractivity contribution in [3.05, 3.63) is 35.4 Å². The number of carbonyl (C=O) groups is 2. The number of hydrogen-bond acceptors (Lipinski definition) is 4. The number of hydrogen-bond donors (Lipinski definition) is 1. The van der Waals surface area contributed by atoms with Gasteiger partial charge < -0.3 is 10.1 Å². The lowest BCUT2D eigenvalue weighted by Crippen LogP contribution is -2.46. The highest BCUT2D eigenvalue weighted by Crippen LogP contribution is 2.11. The van der Waals surface area contributed by atoms with Crippen LogP contribution in [-0.4, -0.2) is 25.0 Å². The van der Waals surface area contributed by atoms with E-state index >= 15 is 0 Å². The summed E-state index contributed by atoms with van der Waals surface area (Å²) in [5.74, 6) is -3.30. The number of nitrogens with one attached hydrogen (secondary N) is 1. The summed E-state index contributed by atoms with van der Waals surface area (Å²) in [5.41, 5.74) is 0.145. The monoisotopic (exact) mass is 310 g/mol. The minimum absolute atomic E-state index is 0.0502. The standard InChI is InChI=1S/C15H16F2N2O3/c1-9(3-4-18)14(15(21)22-2)19-13(20)7-10-5-11(16)8-12(17)6-10/h5-6,8-9,14H,3,7H2,1-2H3,(H,19,20)/t9-,14+/m1/s1. The van der Waals surface area contributed by atoms with Gasteiger partial charge in [0.15, 0.2) is 0 Å². The third-order valence-electron chi connectivity index (χ3n) is 3.04. The van der Waals surface area contributed by atoms with E-state index < -0.39 is 35.5 Å². The normalized spacial score (nSPS) is 12.9. The quantitative estimate of drug-likeness (QED) is 0.811. The van der Waals surface area contributed by atoms with Crippen molar-refractivity contribution in [2.75, 3.05) is 7.11 Å². The van der Waals surface area contributed by atoms with Crippen molar-refractivity contribution in [1.82, 2.24) is 5.32 Å². The average molecular weight is 310 g/mol. The van der Waals surface area contributed by atoms with E-state index in [-0.39, 0.29) is 18.4 Å². The molecule has 0 radical (unpaired) electrons. The van der Waals surface area contributed by atoms with Crippen molar-refractivity contribution in [1.29, 1.82) is 5.26 Å². The summed E-state index contributed by atoms with van der Waals surface area (Å²) in [7, 11) is 1.17. The van der Waals surface area contributed by atoms with Gasteiger partial charge in [0, 0.05) is 18.4 Å². The Balaban J connectivity index is 2.78. The topological polar surface area (TPSA) is 79.2 Å². The molecule has 118 valence electrons. The van der Waals surface area contributed by atoms with Gasteiger partial charge in [-0.25, -0.2) is 13.6 Å². The summed E-state index contributed by atoms with van der Waals surface area (Å²) in [5, 5.41) is 11.1. The Labute approximate surface area is 126 Å². The van der Waals surface area contributed by atoms with Gasteiger partial charge in [-0.05, 0) is 17.7 Å². The van der Waals surface area contributed by atoms with E-state index in [0.717, 1.165) is 12.1 Å². The number of ether oxygens (including phenoxy) is 1. The molecule has 0 aliphatic rings. The number of halogens is 2. The second kappa shape index (κ2) is 8.08. The molecule has 5 nitrogen and oxygen atoms in total. The van der Waals surface area contributed by atoms with Crippen molar-refractivity contribution in [3.63, 3.8) is 0 Å². The highest BCUT2D eigenvalue weighted by atomic mass is 19.1. The van der Waals surface area contributed by atoms with Crippen molar-refractivity contribution >= 4 is 11.9 Å². The maximum atomic E-state index is 13.1. The van der Waals surface area contributed by atoms with Gasteiger partial charge in [-0.1, -0.05) is 6.92 Å². The zero-order chi connectivity index (χ0) is 16.7. The zero-order valence-corrected chi connectivity index (χ0v) is 12.2. The molecule has 0 bridgehead atoms. The van der Waals surface area contributed by atoms with Crippen LogP contribution in [0, 0.1) is 28.9 Å². The summed E-state index contributed by atoms with van der Waals surface area (Å²) < 4.78 is 30.7. The van der Waals surface area contributed by atoms with Gasteiger partial charge in [0.2, 0.25) is 5.91 Å². The summed E-state index contributed by atoms with van der Waals surface area (Å²) in [6.45, 7) is 1.62. The molecule has 0 aliphatic carbocycles. The first-order valence-corrected chi connectivity index (χ1v) is 6.56. The van der Waals surface area contributed by atoms with Gasteiger partial charge in [0.1, 0.15) is 17.7 Å². The Morgan fingerprint density at radius 2 is 1.91 bits per heavy atom. The van der Waals surface area contributed by atoms with Crippen LogP contribution < -0.4 is 5.32 Å². The molecule has 0 aromatic heterocycles. The molecule has 2 atom stereocenters. The molecule has 0 saturated carbocycles. The van der Waals surface area contributed by atoms with E-state index in [1.807, 2.05) is 6.07 Å². The van der Waals surface area contributed by atoms with Crippen LogP contribution in [-0.2, 0) is 20.7 Å². The van der Waals surface area contributed by atoms with Crippen molar-refractivity contribution in [2.24, 2.45) is 5.92 Å². The first kappa shape index (κ1) is 17.6. The second-order valence-electron chi connectivity index (χ2n) is 4.86. The Hall–Kier alpha value is -2.49. The molecular weight excluding hydrogens is 294 g/mol. The lowest BCUT2D eigenvalue weighted by Gasteiger charge is -2.21. The molecule has 0 spiro atoms. The van der Waals surface area contributed by atoms with E-state index in [4.69, 9.17) is 5.26 Å². The highest BCUT2D eigenvalue weighted by Gasteiger charge is 2.27. The van der Waals surface area contributed by atoms with E-state index in [1.54, 1.807) is 6.92 Å². The average Bonchev–Trinajstić information content (AvgIpc) is 2.43. The number of rotatable bonds is 6. The fourth-order valence-electron chi connectivity index (χ4n) is 1.95. The Bertz CT molecular complexity index is 579. The number of carbonyl (C=O) groups excluding carboxylic acids is 2. The molecular formula is C15H16F2N2O3. The predicted molar refractivity (Wildman–Crippen MR) is 73.4 cm³/mol. The van der Waals surface area contributed by atoms with Crippen LogP contribution in [0.25, 0.3) is 0 Å². The van der Waals surface area contributed by atoms with Crippen LogP contribution in [0.4, 0.5) is 8.78 Å². The minimum Gasteiger partial charge on any atom is -0.467 e. The molecule has 22 heavy (non-hydrogen) atoms. The van der Waals surface area contributed by atoms with Crippen molar-refractivity contribution in [2.45, 2.75) is 25.8 Å². The van der Waals surface area contributed by atoms with Crippen LogP contribution in [0.3, 0.4) is 0 Å². The summed E-state index contributed by atoms with van der Waals surface area (Å²) in [6.07, 6.45) is -0.240. The molecule has 1 rings (SSSR count). The molecule has 1 N–H and O–H groups in total. The predicted octanol–water partition coefficient (Wildman–Crippen LogP) is 1.71. The highest BCUT2D eigenvalue weighted by molar-refractivity contribution is 5.85. The Morgan fingerprint density at radius 1 is 1.32 bits per heavy atom. The third kappa shape index (κ3) is 5.13. The van der Waals surface area contributed by atoms with Crippen molar-refractivity contribution in [3.8, 4) is 6.07 Å². The van der Waals surface area contributed by atoms with Crippen molar-refractivity contribution < 1.29 is 23.1 Å². The number of nitriles is 1. The maximum Gasteiger partial charge on any atom is 0.328 e. The fraction of sp³-hybridized carbons (Fsp3) is 0.400. The van der Waals surface area contributed by atoms with Gasteiger partial charge in [-0.3, -0.25) is 4.79 Å². The lowest BCUT2D eigenvalue weighted by molar-refractivity contribution is -0.146. The number of esters is 1. The van der Waals surface area contributed by atoms with E-state index in [9.17, 15) is 18.4 Å². The molecule has 0 unspecified atom stereocenters. The first-order chi connectivity index (χ1) is 10.4. The van der Waals surface area contributed by atoms with Gasteiger partial charge in [-0.15, -0.1) is 0 Å². The molecule has 1 aromatic carbocycles. The van der Waals surface area contributed by atoms with Crippen LogP contribution in [0.5, 0.6) is 0 Å². The number of nitrogens with zero attached hydrogens (tertiary/aromatic N) is 1. The van der Waals surface area contributed by atoms with E-state index in [0.29, 0.717) is 6.07 Å². The van der Waals surface area contributed by atoms with Crippen LogP contribution in [0.2, 0.25) is 0 Å². The summed E-state index contributed by atoms with van der Waals surface area (Å²) in [6, 6.07) is 3.69. The van der Waals surface area contributed by atoms with E-state index in [1.165, 1.54) is 7.11 Å². The molecule has 1 amide bonds. The molecule has 0 saturated heterocycles. The van der Waals surface area contributed by atoms with Crippen LogP contribution >= 0.6 is 0 Å².